The molecule has 0 amide bonds. The fraction of sp³-hybridized carbons (Fsp3) is 0.100. The van der Waals surface area contributed by atoms with Gasteiger partial charge in [-0.05, 0) is 43.1 Å². The van der Waals surface area contributed by atoms with E-state index >= 15 is 0 Å². The zero-order chi connectivity index (χ0) is 12.5. The molecule has 0 aliphatic rings. The highest BCUT2D eigenvalue weighted by molar-refractivity contribution is 7.94. The zero-order valence-electron chi connectivity index (χ0n) is 8.79. The molecule has 0 spiro atoms. The van der Waals surface area contributed by atoms with Gasteiger partial charge in [0.05, 0.1) is 4.90 Å². The molecule has 0 atom stereocenters. The fourth-order valence-electron chi connectivity index (χ4n) is 1.18. The van der Waals surface area contributed by atoms with E-state index < -0.39 is 15.8 Å². The Kier molecular flexibility index (Phi) is 2.84. The number of sulfonamides is 1. The van der Waals surface area contributed by atoms with Gasteiger partial charge in [-0.2, -0.15) is 0 Å². The predicted molar refractivity (Wildman–Crippen MR) is 57.8 cm³/mol. The Hall–Kier alpha value is -1.89. The molecule has 7 heteroatoms. The molecule has 1 heterocycles. The molecule has 0 N–H and O–H groups in total. The monoisotopic (exact) mass is 255 g/mol. The molecule has 0 bridgehead atoms. The van der Waals surface area contributed by atoms with Gasteiger partial charge in [-0.3, -0.25) is 5.16 Å². The summed E-state index contributed by atoms with van der Waals surface area (Å²) in [4.78, 5) is -0.0976. The van der Waals surface area contributed by atoms with E-state index in [9.17, 15) is 12.8 Å². The quantitative estimate of drug-likeness (QED) is 0.844. The highest BCUT2D eigenvalue weighted by atomic mass is 32.2. The summed E-state index contributed by atoms with van der Waals surface area (Å²) >= 11 is 0. The highest BCUT2D eigenvalue weighted by Crippen LogP contribution is 2.26. The Morgan fingerprint density at radius 2 is 1.94 bits per heavy atom. The van der Waals surface area contributed by atoms with Crippen molar-refractivity contribution in [3.63, 3.8) is 0 Å². The standard InChI is InChI=1S/C10H8FN2O3S/c1-7-6-10(12-16-7)13-17(14,15)9-4-2-8(11)3-5-9/h2-6H,1H3/q-1. The molecule has 2 aromatic rings. The van der Waals surface area contributed by atoms with Gasteiger partial charge in [-0.1, -0.05) is 0 Å². The van der Waals surface area contributed by atoms with Gasteiger partial charge in [0.1, 0.15) is 11.6 Å². The lowest BCUT2D eigenvalue weighted by Gasteiger charge is -2.10. The van der Waals surface area contributed by atoms with Crippen molar-refractivity contribution >= 4 is 15.8 Å². The van der Waals surface area contributed by atoms with Crippen molar-refractivity contribution in [3.8, 4) is 0 Å². The molecule has 0 saturated heterocycles. The number of aryl methyl sites for hydroxylation is 1. The van der Waals surface area contributed by atoms with E-state index in [1.165, 1.54) is 6.07 Å². The van der Waals surface area contributed by atoms with Crippen LogP contribution in [0, 0.1) is 12.7 Å². The summed E-state index contributed by atoms with van der Waals surface area (Å²) in [6.45, 7) is 1.62. The van der Waals surface area contributed by atoms with E-state index in [0.29, 0.717) is 5.76 Å². The minimum absolute atomic E-state index is 0.0353. The first-order valence-electron chi connectivity index (χ1n) is 4.64. The van der Waals surface area contributed by atoms with Gasteiger partial charge in [0, 0.05) is 0 Å². The van der Waals surface area contributed by atoms with Crippen molar-refractivity contribution in [3.05, 3.63) is 46.6 Å². The minimum atomic E-state index is -3.88. The van der Waals surface area contributed by atoms with Crippen molar-refractivity contribution in [1.82, 2.24) is 5.16 Å². The van der Waals surface area contributed by atoms with E-state index in [1.807, 2.05) is 0 Å². The molecule has 1 aromatic carbocycles. The second-order valence-electron chi connectivity index (χ2n) is 3.32. The summed E-state index contributed by atoms with van der Waals surface area (Å²) < 4.78 is 44.3. The Morgan fingerprint density at radius 3 is 2.47 bits per heavy atom. The number of nitrogens with zero attached hydrogens (tertiary/aromatic N) is 2. The van der Waals surface area contributed by atoms with Crippen LogP contribution in [0.3, 0.4) is 0 Å². The normalized spacial score (nSPS) is 11.4. The van der Waals surface area contributed by atoms with Gasteiger partial charge in [-0.15, -0.1) is 0 Å². The molecule has 0 saturated carbocycles. The van der Waals surface area contributed by atoms with Crippen molar-refractivity contribution in [2.75, 3.05) is 0 Å². The third-order valence-corrected chi connectivity index (χ3v) is 3.24. The first kappa shape index (κ1) is 11.6. The lowest BCUT2D eigenvalue weighted by Crippen LogP contribution is -1.97. The molecule has 5 nitrogen and oxygen atoms in total. The van der Waals surface area contributed by atoms with Gasteiger partial charge in [0.15, 0.2) is 0 Å². The maximum absolute atomic E-state index is 12.7. The molecule has 2 rings (SSSR count). The average molecular weight is 255 g/mol. The number of benzene rings is 1. The van der Waals surface area contributed by atoms with Crippen LogP contribution in [0.4, 0.5) is 10.2 Å². The maximum atomic E-state index is 12.7. The second kappa shape index (κ2) is 4.17. The Labute approximate surface area is 97.3 Å². The molecule has 90 valence electrons. The smallest absolute Gasteiger partial charge is 0.202 e. The molecule has 0 aliphatic heterocycles. The van der Waals surface area contributed by atoms with Crippen molar-refractivity contribution in [2.24, 2.45) is 0 Å². The maximum Gasteiger partial charge on any atom is 0.202 e. The van der Waals surface area contributed by atoms with Gasteiger partial charge < -0.3 is 9.25 Å². The van der Waals surface area contributed by atoms with Crippen molar-refractivity contribution in [1.29, 1.82) is 0 Å². The van der Waals surface area contributed by atoms with E-state index in [0.717, 1.165) is 24.3 Å². The van der Waals surface area contributed by atoms with E-state index in [4.69, 9.17) is 4.52 Å². The zero-order valence-corrected chi connectivity index (χ0v) is 9.61. The van der Waals surface area contributed by atoms with E-state index in [2.05, 4.69) is 9.88 Å². The van der Waals surface area contributed by atoms with Crippen molar-refractivity contribution in [2.45, 2.75) is 11.8 Å². The minimum Gasteiger partial charge on any atom is -0.460 e. The second-order valence-corrected chi connectivity index (χ2v) is 4.92. The molecular formula is C10H8FN2O3S-. The number of hydrogen-bond donors (Lipinski definition) is 0. The van der Waals surface area contributed by atoms with Crippen LogP contribution in [0.1, 0.15) is 5.76 Å². The van der Waals surface area contributed by atoms with Crippen LogP contribution < -0.4 is 0 Å². The SMILES string of the molecule is Cc1cc([N-]S(=O)(=O)c2ccc(F)cc2)no1. The highest BCUT2D eigenvalue weighted by Gasteiger charge is 2.10. The summed E-state index contributed by atoms with van der Waals surface area (Å²) in [6.07, 6.45) is 0. The summed E-state index contributed by atoms with van der Waals surface area (Å²) in [5.41, 5.74) is 0. The van der Waals surface area contributed by atoms with E-state index in [1.54, 1.807) is 6.92 Å². The molecule has 0 aliphatic carbocycles. The fourth-order valence-corrected chi connectivity index (χ4v) is 2.10. The number of halogens is 1. The number of hydrogen-bond acceptors (Lipinski definition) is 4. The first-order valence-corrected chi connectivity index (χ1v) is 6.08. The number of rotatable bonds is 3. The average Bonchev–Trinajstić information content (AvgIpc) is 2.63. The summed E-state index contributed by atoms with van der Waals surface area (Å²) in [5, 5.41) is 3.45. The van der Waals surface area contributed by atoms with Crippen LogP contribution in [0.25, 0.3) is 4.72 Å². The molecule has 1 aromatic heterocycles. The lowest BCUT2D eigenvalue weighted by atomic mass is 10.4. The van der Waals surface area contributed by atoms with Crippen LogP contribution >= 0.6 is 0 Å². The third kappa shape index (κ3) is 2.62. The van der Waals surface area contributed by atoms with Crippen LogP contribution in [0.2, 0.25) is 0 Å². The van der Waals surface area contributed by atoms with Crippen molar-refractivity contribution < 1.29 is 17.3 Å². The Balaban J connectivity index is 2.28. The summed E-state index contributed by atoms with van der Waals surface area (Å²) in [5.74, 6) is -0.0916. The predicted octanol–water partition coefficient (Wildman–Crippen LogP) is 2.52. The van der Waals surface area contributed by atoms with Crippen LogP contribution in [0.15, 0.2) is 39.8 Å². The Bertz CT molecular complexity index is 619. The first-order chi connectivity index (χ1) is 7.97. The van der Waals surface area contributed by atoms with Gasteiger partial charge >= 0.3 is 0 Å². The van der Waals surface area contributed by atoms with E-state index in [-0.39, 0.29) is 10.7 Å². The Morgan fingerprint density at radius 1 is 1.29 bits per heavy atom. The van der Waals surface area contributed by atoms with Crippen LogP contribution in [-0.2, 0) is 10.0 Å². The molecule has 0 unspecified atom stereocenters. The third-order valence-electron chi connectivity index (χ3n) is 1.94. The van der Waals surface area contributed by atoms with Crippen LogP contribution in [0.5, 0.6) is 0 Å². The molecule has 17 heavy (non-hydrogen) atoms. The number of aromatic nitrogens is 1. The van der Waals surface area contributed by atoms with Gasteiger partial charge in [0.2, 0.25) is 10.0 Å². The van der Waals surface area contributed by atoms with Crippen LogP contribution in [-0.4, -0.2) is 13.6 Å². The lowest BCUT2D eigenvalue weighted by molar-refractivity contribution is 0.401. The largest absolute Gasteiger partial charge is 0.460 e. The summed E-state index contributed by atoms with van der Waals surface area (Å²) in [7, 11) is -3.88. The van der Waals surface area contributed by atoms with Gasteiger partial charge in [0.25, 0.3) is 0 Å². The molecular weight excluding hydrogens is 247 g/mol. The van der Waals surface area contributed by atoms with Gasteiger partial charge in [-0.25, -0.2) is 12.8 Å². The molecule has 0 radical (unpaired) electrons. The topological polar surface area (TPSA) is 74.3 Å². The molecule has 0 fully saturated rings. The summed E-state index contributed by atoms with van der Waals surface area (Å²) in [6, 6.07) is 5.77.